The van der Waals surface area contributed by atoms with Gasteiger partial charge in [0.15, 0.2) is 9.84 Å². The molecule has 31 heavy (non-hydrogen) atoms. The number of hydrogen-bond donors (Lipinski definition) is 0. The van der Waals surface area contributed by atoms with Gasteiger partial charge in [-0.1, -0.05) is 59.8 Å². The van der Waals surface area contributed by atoms with Crippen LogP contribution in [0, 0.1) is 0 Å². The SMILES string of the molecule is CC(=O)C[C@@H](O[C@@H](C)c1c(C(C)C)cc(C(C)C)cc1C(C)C)/C(C)=C\CS(C)(=O)=O. The van der Waals surface area contributed by atoms with Crippen LogP contribution in [0.5, 0.6) is 0 Å². The van der Waals surface area contributed by atoms with E-state index in [4.69, 9.17) is 4.74 Å². The van der Waals surface area contributed by atoms with Gasteiger partial charge in [0.2, 0.25) is 0 Å². The van der Waals surface area contributed by atoms with Crippen molar-refractivity contribution in [3.05, 3.63) is 46.0 Å². The van der Waals surface area contributed by atoms with Crippen LogP contribution in [0.15, 0.2) is 23.8 Å². The summed E-state index contributed by atoms with van der Waals surface area (Å²) in [7, 11) is -3.13. The first-order valence-electron chi connectivity index (χ1n) is 11.3. The van der Waals surface area contributed by atoms with E-state index in [1.807, 2.05) is 13.8 Å². The second-order valence-corrected chi connectivity index (χ2v) is 12.0. The molecule has 1 aromatic rings. The van der Waals surface area contributed by atoms with Crippen molar-refractivity contribution >= 4 is 15.6 Å². The number of benzene rings is 1. The number of ether oxygens (including phenoxy) is 1. The van der Waals surface area contributed by atoms with Gasteiger partial charge in [-0.2, -0.15) is 0 Å². The maximum atomic E-state index is 11.9. The van der Waals surface area contributed by atoms with E-state index in [0.29, 0.717) is 17.8 Å². The fourth-order valence-corrected chi connectivity index (χ4v) is 4.35. The van der Waals surface area contributed by atoms with Gasteiger partial charge in [-0.05, 0) is 66.4 Å². The van der Waals surface area contributed by atoms with E-state index in [1.165, 1.54) is 28.5 Å². The first-order valence-corrected chi connectivity index (χ1v) is 13.4. The largest absolute Gasteiger partial charge is 0.366 e. The molecule has 0 saturated carbocycles. The lowest BCUT2D eigenvalue weighted by molar-refractivity contribution is -0.120. The van der Waals surface area contributed by atoms with E-state index >= 15 is 0 Å². The quantitative estimate of drug-likeness (QED) is 0.362. The molecule has 0 spiro atoms. The van der Waals surface area contributed by atoms with Gasteiger partial charge in [-0.25, -0.2) is 8.42 Å². The molecular formula is C26H42O4S. The van der Waals surface area contributed by atoms with Crippen molar-refractivity contribution in [1.82, 2.24) is 0 Å². The van der Waals surface area contributed by atoms with E-state index in [9.17, 15) is 13.2 Å². The van der Waals surface area contributed by atoms with E-state index in [2.05, 4.69) is 53.7 Å². The first-order chi connectivity index (χ1) is 14.1. The van der Waals surface area contributed by atoms with E-state index in [1.54, 1.807) is 13.0 Å². The first kappa shape index (κ1) is 27.6. The zero-order valence-corrected chi connectivity index (χ0v) is 21.9. The standard InChI is InChI=1S/C26H42O4S/c1-16(2)22-14-23(17(3)4)26(24(15-22)18(5)6)21(9)30-25(13-20(8)27)19(7)11-12-31(10,28)29/h11,14-18,21,25H,12-13H2,1-10H3/b19-11-/t21-,25+/m0/s1. The molecule has 0 radical (unpaired) electrons. The Balaban J connectivity index is 3.46. The van der Waals surface area contributed by atoms with Gasteiger partial charge in [0, 0.05) is 12.7 Å². The molecule has 1 aromatic carbocycles. The van der Waals surface area contributed by atoms with Gasteiger partial charge in [-0.15, -0.1) is 0 Å². The summed E-state index contributed by atoms with van der Waals surface area (Å²) in [5.74, 6) is 1.08. The molecule has 0 aliphatic rings. The average Bonchev–Trinajstić information content (AvgIpc) is 2.63. The highest BCUT2D eigenvalue weighted by molar-refractivity contribution is 7.90. The lowest BCUT2D eigenvalue weighted by Crippen LogP contribution is -2.22. The van der Waals surface area contributed by atoms with Crippen molar-refractivity contribution in [3.63, 3.8) is 0 Å². The highest BCUT2D eigenvalue weighted by atomic mass is 32.2. The van der Waals surface area contributed by atoms with Crippen LogP contribution < -0.4 is 0 Å². The van der Waals surface area contributed by atoms with Crippen LogP contribution in [0.3, 0.4) is 0 Å². The van der Waals surface area contributed by atoms with Crippen molar-refractivity contribution in [2.24, 2.45) is 0 Å². The summed E-state index contributed by atoms with van der Waals surface area (Å²) in [5.41, 5.74) is 5.86. The number of carbonyl (C=O) groups excluding carboxylic acids is 1. The average molecular weight is 451 g/mol. The zero-order chi connectivity index (χ0) is 24.1. The molecule has 0 bridgehead atoms. The predicted octanol–water partition coefficient (Wildman–Crippen LogP) is 6.47. The van der Waals surface area contributed by atoms with E-state index in [-0.39, 0.29) is 24.1 Å². The number of hydrogen-bond acceptors (Lipinski definition) is 4. The Morgan fingerprint density at radius 3 is 1.77 bits per heavy atom. The molecule has 1 rings (SSSR count). The third kappa shape index (κ3) is 8.53. The molecular weight excluding hydrogens is 408 g/mol. The molecule has 0 aliphatic heterocycles. The summed E-state index contributed by atoms with van der Waals surface area (Å²) in [4.78, 5) is 11.9. The monoisotopic (exact) mass is 450 g/mol. The Bertz CT molecular complexity index is 863. The predicted molar refractivity (Wildman–Crippen MR) is 131 cm³/mol. The topological polar surface area (TPSA) is 60.4 Å². The number of carbonyl (C=O) groups is 1. The third-order valence-electron chi connectivity index (χ3n) is 5.64. The van der Waals surface area contributed by atoms with Crippen LogP contribution in [-0.4, -0.2) is 32.3 Å². The lowest BCUT2D eigenvalue weighted by Gasteiger charge is -2.29. The van der Waals surface area contributed by atoms with Gasteiger partial charge in [0.25, 0.3) is 0 Å². The van der Waals surface area contributed by atoms with Gasteiger partial charge >= 0.3 is 0 Å². The molecule has 0 fully saturated rings. The normalized spacial score (nSPS) is 15.1. The lowest BCUT2D eigenvalue weighted by atomic mass is 9.82. The number of rotatable bonds is 11. The fourth-order valence-electron chi connectivity index (χ4n) is 3.79. The summed E-state index contributed by atoms with van der Waals surface area (Å²) < 4.78 is 29.7. The van der Waals surface area contributed by atoms with Gasteiger partial charge in [-0.3, -0.25) is 4.79 Å². The van der Waals surface area contributed by atoms with Crippen molar-refractivity contribution in [2.75, 3.05) is 12.0 Å². The summed E-state index contributed by atoms with van der Waals surface area (Å²) in [6.45, 7) is 18.6. The van der Waals surface area contributed by atoms with Crippen molar-refractivity contribution in [1.29, 1.82) is 0 Å². The second-order valence-electron chi connectivity index (χ2n) is 9.79. The summed E-state index contributed by atoms with van der Waals surface area (Å²) in [6.07, 6.45) is 2.44. The van der Waals surface area contributed by atoms with Crippen LogP contribution in [0.4, 0.5) is 0 Å². The Hall–Kier alpha value is -1.46. The van der Waals surface area contributed by atoms with Crippen LogP contribution in [0.25, 0.3) is 0 Å². The minimum absolute atomic E-state index is 0.0210. The Morgan fingerprint density at radius 1 is 0.935 bits per heavy atom. The molecule has 5 heteroatoms. The van der Waals surface area contributed by atoms with E-state index < -0.39 is 15.9 Å². The van der Waals surface area contributed by atoms with Gasteiger partial charge in [0.05, 0.1) is 18.0 Å². The number of ketones is 1. The Labute approximate surface area is 190 Å². The second kappa shape index (κ2) is 11.4. The van der Waals surface area contributed by atoms with E-state index in [0.717, 1.165) is 5.57 Å². The molecule has 2 atom stereocenters. The summed E-state index contributed by atoms with van der Waals surface area (Å²) in [5, 5.41) is 0. The highest BCUT2D eigenvalue weighted by Crippen LogP contribution is 2.38. The Kier molecular flexibility index (Phi) is 10.2. The zero-order valence-electron chi connectivity index (χ0n) is 21.1. The maximum Gasteiger partial charge on any atom is 0.151 e. The van der Waals surface area contributed by atoms with Crippen LogP contribution in [0.1, 0.15) is 115 Å². The molecule has 4 nitrogen and oxygen atoms in total. The Morgan fingerprint density at radius 2 is 1.42 bits per heavy atom. The molecule has 0 saturated heterocycles. The minimum Gasteiger partial charge on any atom is -0.366 e. The molecule has 0 aromatic heterocycles. The molecule has 0 heterocycles. The fraction of sp³-hybridized carbons (Fsp3) is 0.654. The van der Waals surface area contributed by atoms with Crippen molar-refractivity contribution in [3.8, 4) is 0 Å². The third-order valence-corrected chi connectivity index (χ3v) is 6.41. The van der Waals surface area contributed by atoms with Crippen LogP contribution >= 0.6 is 0 Å². The molecule has 0 aliphatic carbocycles. The van der Waals surface area contributed by atoms with Crippen molar-refractivity contribution < 1.29 is 17.9 Å². The summed E-state index contributed by atoms with van der Waals surface area (Å²) >= 11 is 0. The minimum atomic E-state index is -3.13. The molecule has 0 unspecified atom stereocenters. The molecule has 0 N–H and O–H groups in total. The van der Waals surface area contributed by atoms with Gasteiger partial charge in [0.1, 0.15) is 5.78 Å². The molecule has 0 amide bonds. The maximum absolute atomic E-state index is 11.9. The number of Topliss-reactive ketones (excluding diaryl/α,β-unsaturated/α-hetero) is 1. The molecule has 176 valence electrons. The smallest absolute Gasteiger partial charge is 0.151 e. The highest BCUT2D eigenvalue weighted by Gasteiger charge is 2.25. The van der Waals surface area contributed by atoms with Crippen LogP contribution in [0.2, 0.25) is 0 Å². The van der Waals surface area contributed by atoms with Crippen molar-refractivity contribution in [2.45, 2.75) is 98.7 Å². The van der Waals surface area contributed by atoms with Crippen LogP contribution in [-0.2, 0) is 19.4 Å². The summed E-state index contributed by atoms with van der Waals surface area (Å²) in [6, 6.07) is 4.59. The number of sulfone groups is 1. The van der Waals surface area contributed by atoms with Gasteiger partial charge < -0.3 is 4.74 Å².